The summed E-state index contributed by atoms with van der Waals surface area (Å²) >= 11 is 1.59. The van der Waals surface area contributed by atoms with Gasteiger partial charge >= 0.3 is 0 Å². The minimum absolute atomic E-state index is 0.292. The Hall–Kier alpha value is -1.28. The molecule has 16 heavy (non-hydrogen) atoms. The van der Waals surface area contributed by atoms with Gasteiger partial charge in [0.2, 0.25) is 0 Å². The Labute approximate surface area is 100 Å². The lowest BCUT2D eigenvalue weighted by Gasteiger charge is -2.09. The fourth-order valence-corrected chi connectivity index (χ4v) is 2.04. The molecule has 0 fully saturated rings. The molecule has 4 nitrogen and oxygen atoms in total. The van der Waals surface area contributed by atoms with Gasteiger partial charge in [0.05, 0.1) is 5.69 Å². The van der Waals surface area contributed by atoms with Crippen molar-refractivity contribution < 1.29 is 0 Å². The number of nitrogens with zero attached hydrogens (tertiary/aromatic N) is 3. The second-order valence-electron chi connectivity index (χ2n) is 3.52. The van der Waals surface area contributed by atoms with Crippen LogP contribution in [0.5, 0.6) is 0 Å². The molecule has 1 rings (SSSR count). The summed E-state index contributed by atoms with van der Waals surface area (Å²) in [4.78, 5) is 8.51. The number of aromatic nitrogens is 2. The van der Waals surface area contributed by atoms with Gasteiger partial charge in [0, 0.05) is 5.25 Å². The van der Waals surface area contributed by atoms with Crippen LogP contribution in [0.25, 0.3) is 0 Å². The Morgan fingerprint density at radius 2 is 2.12 bits per heavy atom. The van der Waals surface area contributed by atoms with E-state index in [4.69, 9.17) is 11.0 Å². The van der Waals surface area contributed by atoms with Gasteiger partial charge in [0.15, 0.2) is 5.16 Å². The van der Waals surface area contributed by atoms with Crippen LogP contribution < -0.4 is 5.73 Å². The maximum absolute atomic E-state index is 8.93. The molecule has 0 unspecified atom stereocenters. The van der Waals surface area contributed by atoms with E-state index < -0.39 is 0 Å². The van der Waals surface area contributed by atoms with E-state index in [-0.39, 0.29) is 0 Å². The summed E-state index contributed by atoms with van der Waals surface area (Å²) in [5.41, 5.74) is 6.89. The van der Waals surface area contributed by atoms with E-state index in [1.807, 2.05) is 6.92 Å². The van der Waals surface area contributed by atoms with Crippen LogP contribution in [0.1, 0.15) is 38.4 Å². The first-order valence-electron chi connectivity index (χ1n) is 5.35. The van der Waals surface area contributed by atoms with Crippen LogP contribution in [0.3, 0.4) is 0 Å². The van der Waals surface area contributed by atoms with E-state index in [9.17, 15) is 0 Å². The van der Waals surface area contributed by atoms with Crippen molar-refractivity contribution in [2.45, 2.75) is 44.0 Å². The zero-order valence-corrected chi connectivity index (χ0v) is 10.6. The number of hydrogen-bond acceptors (Lipinski definition) is 5. The van der Waals surface area contributed by atoms with Crippen LogP contribution in [0.15, 0.2) is 5.16 Å². The third kappa shape index (κ3) is 2.86. The predicted molar refractivity (Wildman–Crippen MR) is 66.1 cm³/mol. The fraction of sp³-hybridized carbons (Fsp3) is 0.545. The summed E-state index contributed by atoms with van der Waals surface area (Å²) in [5.74, 6) is 0.292. The number of aryl methyl sites for hydroxylation is 1. The lowest BCUT2D eigenvalue weighted by atomic mass is 10.2. The number of nitriles is 1. The van der Waals surface area contributed by atoms with E-state index in [0.717, 1.165) is 12.1 Å². The van der Waals surface area contributed by atoms with Crippen LogP contribution in [-0.2, 0) is 6.42 Å². The van der Waals surface area contributed by atoms with Crippen LogP contribution in [0.2, 0.25) is 0 Å². The van der Waals surface area contributed by atoms with Crippen LogP contribution in [-0.4, -0.2) is 15.2 Å². The average molecular weight is 236 g/mol. The summed E-state index contributed by atoms with van der Waals surface area (Å²) in [5, 5.41) is 10.1. The molecule has 0 aliphatic carbocycles. The number of hydrogen-bond donors (Lipinski definition) is 1. The van der Waals surface area contributed by atoms with Crippen LogP contribution >= 0.6 is 11.8 Å². The molecule has 0 radical (unpaired) electrons. The maximum atomic E-state index is 8.93. The average Bonchev–Trinajstić information content (AvgIpc) is 2.28. The number of thioether (sulfide) groups is 1. The molecule has 0 aromatic carbocycles. The number of rotatable bonds is 4. The van der Waals surface area contributed by atoms with E-state index in [0.29, 0.717) is 28.2 Å². The zero-order chi connectivity index (χ0) is 12.1. The second-order valence-corrected chi connectivity index (χ2v) is 4.92. The smallest absolute Gasteiger partial charge is 0.190 e. The molecular weight excluding hydrogens is 220 g/mol. The fourth-order valence-electron chi connectivity index (χ4n) is 1.20. The van der Waals surface area contributed by atoms with Crippen molar-refractivity contribution in [2.24, 2.45) is 0 Å². The lowest BCUT2D eigenvalue weighted by Crippen LogP contribution is -2.06. The third-order valence-corrected chi connectivity index (χ3v) is 3.45. The lowest BCUT2D eigenvalue weighted by molar-refractivity contribution is 0.861. The molecule has 0 bridgehead atoms. The second kappa shape index (κ2) is 5.71. The quantitative estimate of drug-likeness (QED) is 0.641. The Morgan fingerprint density at radius 3 is 2.62 bits per heavy atom. The summed E-state index contributed by atoms with van der Waals surface area (Å²) in [6, 6.07) is 2.05. The maximum Gasteiger partial charge on any atom is 0.190 e. The monoisotopic (exact) mass is 236 g/mol. The molecule has 1 aromatic heterocycles. The molecule has 5 heteroatoms. The molecule has 1 atom stereocenters. The Kier molecular flexibility index (Phi) is 4.56. The first-order valence-corrected chi connectivity index (χ1v) is 6.23. The van der Waals surface area contributed by atoms with Gasteiger partial charge in [-0.2, -0.15) is 5.26 Å². The van der Waals surface area contributed by atoms with Gasteiger partial charge in [-0.1, -0.05) is 32.5 Å². The minimum Gasteiger partial charge on any atom is -0.382 e. The van der Waals surface area contributed by atoms with Gasteiger partial charge < -0.3 is 5.73 Å². The molecule has 2 N–H and O–H groups in total. The van der Waals surface area contributed by atoms with Crippen LogP contribution in [0, 0.1) is 11.3 Å². The first kappa shape index (κ1) is 12.8. The van der Waals surface area contributed by atoms with Crippen molar-refractivity contribution in [3.63, 3.8) is 0 Å². The van der Waals surface area contributed by atoms with E-state index in [1.165, 1.54) is 0 Å². The van der Waals surface area contributed by atoms with Gasteiger partial charge in [0.1, 0.15) is 17.5 Å². The predicted octanol–water partition coefficient (Wildman–Crippen LogP) is 2.38. The Bertz CT molecular complexity index is 411. The topological polar surface area (TPSA) is 75.6 Å². The van der Waals surface area contributed by atoms with Crippen molar-refractivity contribution in [3.05, 3.63) is 11.3 Å². The van der Waals surface area contributed by atoms with Crippen molar-refractivity contribution in [1.82, 2.24) is 9.97 Å². The molecule has 0 aliphatic heterocycles. The largest absolute Gasteiger partial charge is 0.382 e. The highest BCUT2D eigenvalue weighted by molar-refractivity contribution is 7.99. The Balaban J connectivity index is 3.07. The minimum atomic E-state index is 0.292. The Morgan fingerprint density at radius 1 is 1.44 bits per heavy atom. The SMILES string of the molecule is CCc1nc(S[C@H](C)CC)nc(N)c1C#N. The third-order valence-electron chi connectivity index (χ3n) is 2.32. The van der Waals surface area contributed by atoms with Gasteiger partial charge in [-0.25, -0.2) is 9.97 Å². The van der Waals surface area contributed by atoms with Gasteiger partial charge in [0.25, 0.3) is 0 Å². The number of nitrogen functional groups attached to an aromatic ring is 1. The summed E-state index contributed by atoms with van der Waals surface area (Å²) in [6.07, 6.45) is 1.75. The molecule has 1 heterocycles. The van der Waals surface area contributed by atoms with Crippen molar-refractivity contribution in [1.29, 1.82) is 5.26 Å². The summed E-state index contributed by atoms with van der Waals surface area (Å²) in [6.45, 7) is 6.19. The molecule has 0 aliphatic rings. The van der Waals surface area contributed by atoms with Gasteiger partial charge in [-0.15, -0.1) is 0 Å². The van der Waals surface area contributed by atoms with Gasteiger partial charge in [-0.05, 0) is 12.8 Å². The molecule has 0 spiro atoms. The zero-order valence-electron chi connectivity index (χ0n) is 9.82. The molecule has 0 saturated heterocycles. The first-order chi connectivity index (χ1) is 7.62. The van der Waals surface area contributed by atoms with E-state index in [1.54, 1.807) is 11.8 Å². The highest BCUT2D eigenvalue weighted by atomic mass is 32.2. The van der Waals surface area contributed by atoms with Gasteiger partial charge in [-0.3, -0.25) is 0 Å². The number of nitrogens with two attached hydrogens (primary N) is 1. The number of anilines is 1. The highest BCUT2D eigenvalue weighted by Gasteiger charge is 2.12. The van der Waals surface area contributed by atoms with Crippen molar-refractivity contribution >= 4 is 17.6 Å². The van der Waals surface area contributed by atoms with E-state index >= 15 is 0 Å². The molecule has 86 valence electrons. The van der Waals surface area contributed by atoms with Crippen LogP contribution in [0.4, 0.5) is 5.82 Å². The van der Waals surface area contributed by atoms with Crippen molar-refractivity contribution in [3.8, 4) is 6.07 Å². The van der Waals surface area contributed by atoms with Crippen molar-refractivity contribution in [2.75, 3.05) is 5.73 Å². The summed E-state index contributed by atoms with van der Waals surface area (Å²) < 4.78 is 0. The highest BCUT2D eigenvalue weighted by Crippen LogP contribution is 2.24. The normalized spacial score (nSPS) is 12.1. The molecule has 0 saturated carbocycles. The standard InChI is InChI=1S/C11H16N4S/c1-4-7(3)16-11-14-9(5-2)8(6-12)10(13)15-11/h7H,4-5H2,1-3H3,(H2,13,14,15)/t7-/m1/s1. The molecular formula is C11H16N4S. The summed E-state index contributed by atoms with van der Waals surface area (Å²) in [7, 11) is 0. The molecule has 1 aromatic rings. The van der Waals surface area contributed by atoms with E-state index in [2.05, 4.69) is 29.9 Å². The molecule has 0 amide bonds.